The van der Waals surface area contributed by atoms with E-state index in [4.69, 9.17) is 4.74 Å². The molecule has 1 aromatic carbocycles. The van der Waals surface area contributed by atoms with E-state index in [1.165, 1.54) is 11.1 Å². The van der Waals surface area contributed by atoms with Crippen LogP contribution in [0.4, 0.5) is 0 Å². The molecule has 2 aliphatic heterocycles. The van der Waals surface area contributed by atoms with E-state index in [0.717, 1.165) is 50.0 Å². The van der Waals surface area contributed by atoms with Crippen LogP contribution in [0.2, 0.25) is 0 Å². The molecule has 2 spiro atoms. The predicted molar refractivity (Wildman–Crippen MR) is 123 cm³/mol. The highest BCUT2D eigenvalue weighted by Crippen LogP contribution is 2.79. The number of aliphatic hydroxyl groups is 3. The maximum atomic E-state index is 12.1. The molecule has 0 amide bonds. The lowest BCUT2D eigenvalue weighted by Crippen LogP contribution is -2.81. The fourth-order valence-corrected chi connectivity index (χ4v) is 9.22. The lowest BCUT2D eigenvalue weighted by atomic mass is 9.31. The molecule has 4 fully saturated rings. The van der Waals surface area contributed by atoms with E-state index >= 15 is 0 Å². The molecule has 1 unspecified atom stereocenters. The van der Waals surface area contributed by atoms with Gasteiger partial charge >= 0.3 is 0 Å². The first kappa shape index (κ1) is 21.4. The predicted octanol–water partition coefficient (Wildman–Crippen LogP) is 3.01. The zero-order chi connectivity index (χ0) is 22.9. The van der Waals surface area contributed by atoms with Crippen molar-refractivity contribution in [3.8, 4) is 5.75 Å². The van der Waals surface area contributed by atoms with Crippen molar-refractivity contribution in [1.82, 2.24) is 4.90 Å². The second-order valence-corrected chi connectivity index (χ2v) is 12.9. The van der Waals surface area contributed by atoms with E-state index in [1.54, 1.807) is 0 Å². The van der Waals surface area contributed by atoms with Gasteiger partial charge in [-0.2, -0.15) is 0 Å². The highest BCUT2D eigenvalue weighted by atomic mass is 16.5. The van der Waals surface area contributed by atoms with Gasteiger partial charge in [0.2, 0.25) is 0 Å². The van der Waals surface area contributed by atoms with Crippen LogP contribution in [0.5, 0.6) is 5.75 Å². The van der Waals surface area contributed by atoms with E-state index in [0.29, 0.717) is 6.04 Å². The molecule has 0 radical (unpaired) electrons. The fourth-order valence-electron chi connectivity index (χ4n) is 9.22. The van der Waals surface area contributed by atoms with E-state index < -0.39 is 11.0 Å². The average molecular weight is 442 g/mol. The molecule has 3 saturated carbocycles. The Hall–Kier alpha value is -1.14. The highest BCUT2D eigenvalue weighted by molar-refractivity contribution is 5.61. The Morgan fingerprint density at radius 3 is 2.53 bits per heavy atom. The first-order valence-electron chi connectivity index (χ1n) is 12.5. The summed E-state index contributed by atoms with van der Waals surface area (Å²) < 4.78 is 6.95. The van der Waals surface area contributed by atoms with Gasteiger partial charge in [0, 0.05) is 33.4 Å². The molecule has 5 heteroatoms. The summed E-state index contributed by atoms with van der Waals surface area (Å²) in [6.45, 7) is 9.38. The van der Waals surface area contributed by atoms with Crippen molar-refractivity contribution in [1.29, 1.82) is 0 Å². The van der Waals surface area contributed by atoms with Gasteiger partial charge in [-0.25, -0.2) is 0 Å². The number of ether oxygens (including phenoxy) is 1. The van der Waals surface area contributed by atoms with E-state index in [1.807, 2.05) is 13.0 Å². The molecule has 7 atom stereocenters. The monoisotopic (exact) mass is 441 g/mol. The summed E-state index contributed by atoms with van der Waals surface area (Å²) in [4.78, 5) is 2.56. The molecule has 6 aliphatic rings. The number of likely N-dealkylation sites (N-methyl/N-ethyl adjacent to an activating group) is 1. The third-order valence-electron chi connectivity index (χ3n) is 11.3. The summed E-state index contributed by atoms with van der Waals surface area (Å²) in [5.74, 6) is 0.840. The summed E-state index contributed by atoms with van der Waals surface area (Å²) in [6, 6.07) is 4.66. The molecule has 1 aromatic rings. The fraction of sp³-hybridized carbons (Fsp3) is 0.778. The van der Waals surface area contributed by atoms with Crippen LogP contribution in [-0.2, 0) is 18.4 Å². The minimum absolute atomic E-state index is 0.0216. The van der Waals surface area contributed by atoms with Crippen LogP contribution in [0.25, 0.3) is 0 Å². The van der Waals surface area contributed by atoms with Crippen LogP contribution in [-0.4, -0.2) is 58.2 Å². The quantitative estimate of drug-likeness (QED) is 0.673. The third kappa shape index (κ3) is 2.04. The molecular weight excluding hydrogens is 402 g/mol. The second kappa shape index (κ2) is 6.10. The molecule has 32 heavy (non-hydrogen) atoms. The van der Waals surface area contributed by atoms with Gasteiger partial charge < -0.3 is 25.0 Å². The van der Waals surface area contributed by atoms with Crippen LogP contribution in [0, 0.1) is 22.2 Å². The summed E-state index contributed by atoms with van der Waals surface area (Å²) in [7, 11) is 2.27. The SMILES string of the molecule is CN1CC[C@]23c4c5ccc(CO)c4O[C@H]2[C@@]2(CO)CC[C@@]3(C[C@@H]2C(C)(O)C(C)(C)C)[C@H]1C5. The normalized spacial score (nSPS) is 43.6. The van der Waals surface area contributed by atoms with Crippen LogP contribution in [0.1, 0.15) is 70.1 Å². The molecule has 1 saturated heterocycles. The molecule has 4 bridgehead atoms. The zero-order valence-electron chi connectivity index (χ0n) is 20.2. The number of benzene rings is 1. The summed E-state index contributed by atoms with van der Waals surface area (Å²) in [5, 5.41) is 33.3. The van der Waals surface area contributed by atoms with Crippen molar-refractivity contribution in [3.63, 3.8) is 0 Å². The Morgan fingerprint density at radius 2 is 1.88 bits per heavy atom. The van der Waals surface area contributed by atoms with Crippen molar-refractivity contribution in [2.75, 3.05) is 20.2 Å². The zero-order valence-corrected chi connectivity index (χ0v) is 20.2. The van der Waals surface area contributed by atoms with Gasteiger partial charge in [0.25, 0.3) is 0 Å². The molecule has 4 aliphatic carbocycles. The third-order valence-corrected chi connectivity index (χ3v) is 11.3. The number of hydrogen-bond donors (Lipinski definition) is 3. The summed E-state index contributed by atoms with van der Waals surface area (Å²) >= 11 is 0. The maximum absolute atomic E-state index is 12.1. The molecule has 176 valence electrons. The second-order valence-electron chi connectivity index (χ2n) is 12.9. The highest BCUT2D eigenvalue weighted by Gasteiger charge is 2.81. The number of hydrogen-bond acceptors (Lipinski definition) is 5. The smallest absolute Gasteiger partial charge is 0.129 e. The number of rotatable bonds is 3. The van der Waals surface area contributed by atoms with Crippen molar-refractivity contribution >= 4 is 0 Å². The lowest BCUT2D eigenvalue weighted by molar-refractivity contribution is -0.287. The average Bonchev–Trinajstić information content (AvgIpc) is 3.12. The topological polar surface area (TPSA) is 73.2 Å². The van der Waals surface area contributed by atoms with Crippen LogP contribution >= 0.6 is 0 Å². The standard InChI is InChI=1S/C27H39NO4/c1-23(2,3)24(4,31)18-13-26-9-8-25(18,15-30)22-27(26)10-11-28(5)19(26)12-16-6-7-17(14-29)21(32-22)20(16)27/h6-7,18-19,22,29-31H,8-15H2,1-5H3/t18-,19-,22+,24?,25-,26-,27+/m1/s1. The number of nitrogens with zero attached hydrogens (tertiary/aromatic N) is 1. The number of fused-ring (bicyclic) bond motifs is 2. The van der Waals surface area contributed by atoms with Gasteiger partial charge in [0.05, 0.1) is 18.8 Å². The Kier molecular flexibility index (Phi) is 4.08. The van der Waals surface area contributed by atoms with Crippen molar-refractivity contribution in [2.45, 2.75) is 89.6 Å². The van der Waals surface area contributed by atoms with Gasteiger partial charge in [-0.05, 0) is 69.5 Å². The van der Waals surface area contributed by atoms with E-state index in [9.17, 15) is 15.3 Å². The molecule has 0 aromatic heterocycles. The Labute approximate surface area is 191 Å². The first-order valence-corrected chi connectivity index (χ1v) is 12.5. The van der Waals surface area contributed by atoms with E-state index in [2.05, 4.69) is 38.8 Å². The summed E-state index contributed by atoms with van der Waals surface area (Å²) in [5.41, 5.74) is 1.72. The van der Waals surface area contributed by atoms with Gasteiger partial charge in [-0.15, -0.1) is 0 Å². The number of piperidine rings is 1. The molecule has 3 N–H and O–H groups in total. The number of likely N-dealkylation sites (tertiary alicyclic amines) is 1. The largest absolute Gasteiger partial charge is 0.488 e. The molecule has 2 heterocycles. The van der Waals surface area contributed by atoms with Crippen molar-refractivity contribution in [3.05, 3.63) is 28.8 Å². The van der Waals surface area contributed by atoms with Crippen molar-refractivity contribution in [2.24, 2.45) is 22.2 Å². The molecule has 7 rings (SSSR count). The van der Waals surface area contributed by atoms with Crippen LogP contribution in [0.15, 0.2) is 12.1 Å². The Bertz CT molecular complexity index is 983. The van der Waals surface area contributed by atoms with Gasteiger partial charge in [0.1, 0.15) is 11.9 Å². The summed E-state index contributed by atoms with van der Waals surface area (Å²) in [6.07, 6.45) is 4.75. The minimum Gasteiger partial charge on any atom is -0.488 e. The van der Waals surface area contributed by atoms with Crippen LogP contribution < -0.4 is 4.74 Å². The van der Waals surface area contributed by atoms with Crippen molar-refractivity contribution < 1.29 is 20.1 Å². The Balaban J connectivity index is 1.65. The Morgan fingerprint density at radius 1 is 1.12 bits per heavy atom. The van der Waals surface area contributed by atoms with Crippen LogP contribution in [0.3, 0.4) is 0 Å². The van der Waals surface area contributed by atoms with E-state index in [-0.39, 0.29) is 41.5 Å². The van der Waals surface area contributed by atoms with Gasteiger partial charge in [-0.3, -0.25) is 0 Å². The minimum atomic E-state index is -0.935. The lowest BCUT2D eigenvalue weighted by Gasteiger charge is -2.75. The molecular formula is C27H39NO4. The van der Waals surface area contributed by atoms with Gasteiger partial charge in [0.15, 0.2) is 0 Å². The van der Waals surface area contributed by atoms with Gasteiger partial charge in [-0.1, -0.05) is 32.9 Å². The maximum Gasteiger partial charge on any atom is 0.129 e. The molecule has 5 nitrogen and oxygen atoms in total. The first-order chi connectivity index (χ1) is 15.0. The number of aliphatic hydroxyl groups excluding tert-OH is 2.